The molecule has 0 radical (unpaired) electrons. The van der Waals surface area contributed by atoms with Gasteiger partial charge in [0.05, 0.1) is 16.8 Å². The number of fused-ring (bicyclic) bond motifs is 1. The second-order valence-electron chi connectivity index (χ2n) is 7.49. The molecule has 0 atom stereocenters. The lowest BCUT2D eigenvalue weighted by Crippen LogP contribution is -2.25. The SMILES string of the molecule is Cc1ccccc1-n1c(=O)nc(NCCC(C)C)c2ccc(C(F)(F)F)cc21.N[SH](=O)=O. The van der Waals surface area contributed by atoms with Crippen LogP contribution in [0, 0.1) is 12.8 Å². The van der Waals surface area contributed by atoms with Gasteiger partial charge in [-0.25, -0.2) is 18.4 Å². The molecule has 1 aromatic heterocycles. The van der Waals surface area contributed by atoms with E-state index in [1.807, 2.05) is 6.07 Å². The van der Waals surface area contributed by atoms with Crippen LogP contribution in [0.2, 0.25) is 0 Å². The lowest BCUT2D eigenvalue weighted by atomic mass is 10.1. The molecule has 174 valence electrons. The minimum atomic E-state index is -4.50. The number of anilines is 1. The molecule has 0 unspecified atom stereocenters. The maximum Gasteiger partial charge on any atom is 0.416 e. The average molecular weight is 471 g/mol. The second kappa shape index (κ2) is 10.6. The van der Waals surface area contributed by atoms with Crippen LogP contribution in [0.5, 0.6) is 0 Å². The molecule has 0 spiro atoms. The highest BCUT2D eigenvalue weighted by Gasteiger charge is 2.31. The van der Waals surface area contributed by atoms with Crippen LogP contribution < -0.4 is 16.1 Å². The molecule has 0 amide bonds. The van der Waals surface area contributed by atoms with Crippen LogP contribution in [0.25, 0.3) is 16.6 Å². The van der Waals surface area contributed by atoms with Crippen molar-refractivity contribution in [1.82, 2.24) is 9.55 Å². The standard InChI is InChI=1S/C21H22F3N3O.H3NO2S/c1-13(2)10-11-25-19-16-9-8-15(21(22,23)24)12-18(16)27(20(28)26-19)17-7-5-4-6-14(17)3;1-4(2)3/h4-9,12-13H,10-11H2,1-3H3,(H,25,26,28);4H,(H2,1,2,3). The van der Waals surface area contributed by atoms with E-state index in [0.717, 1.165) is 24.1 Å². The highest BCUT2D eigenvalue weighted by molar-refractivity contribution is 7.69. The number of hydrogen-bond acceptors (Lipinski definition) is 5. The van der Waals surface area contributed by atoms with E-state index in [4.69, 9.17) is 8.42 Å². The number of alkyl halides is 3. The van der Waals surface area contributed by atoms with Gasteiger partial charge in [0.2, 0.25) is 0 Å². The molecule has 0 aliphatic carbocycles. The van der Waals surface area contributed by atoms with Crippen molar-refractivity contribution in [2.24, 2.45) is 11.1 Å². The number of halogens is 3. The number of para-hydroxylation sites is 1. The van der Waals surface area contributed by atoms with Crippen LogP contribution in [0.4, 0.5) is 19.0 Å². The van der Waals surface area contributed by atoms with Gasteiger partial charge >= 0.3 is 11.9 Å². The van der Waals surface area contributed by atoms with Crippen LogP contribution in [0.1, 0.15) is 31.4 Å². The molecule has 2 aromatic carbocycles. The fourth-order valence-corrected chi connectivity index (χ4v) is 3.06. The van der Waals surface area contributed by atoms with Crippen LogP contribution in [-0.4, -0.2) is 24.5 Å². The van der Waals surface area contributed by atoms with Gasteiger partial charge in [-0.1, -0.05) is 32.0 Å². The molecule has 0 aliphatic rings. The number of thiol groups is 1. The van der Waals surface area contributed by atoms with Gasteiger partial charge in [0.1, 0.15) is 5.82 Å². The van der Waals surface area contributed by atoms with E-state index in [1.54, 1.807) is 25.1 Å². The fraction of sp³-hybridized carbons (Fsp3) is 0.333. The minimum absolute atomic E-state index is 0.177. The molecule has 0 bridgehead atoms. The van der Waals surface area contributed by atoms with Crippen molar-refractivity contribution in [3.63, 3.8) is 0 Å². The topological polar surface area (TPSA) is 107 Å². The molecule has 3 aromatic rings. The first-order valence-corrected chi connectivity index (χ1v) is 11.0. The van der Waals surface area contributed by atoms with Crippen molar-refractivity contribution in [3.8, 4) is 5.69 Å². The van der Waals surface area contributed by atoms with Crippen LogP contribution in [0.15, 0.2) is 47.3 Å². The Balaban J connectivity index is 0.000000837. The summed E-state index contributed by atoms with van der Waals surface area (Å²) in [7, 11) is -2.62. The Bertz CT molecular complexity index is 1210. The molecule has 32 heavy (non-hydrogen) atoms. The Labute approximate surface area is 185 Å². The lowest BCUT2D eigenvalue weighted by Gasteiger charge is -2.17. The third-order valence-electron chi connectivity index (χ3n) is 4.59. The summed E-state index contributed by atoms with van der Waals surface area (Å²) < 4.78 is 58.8. The van der Waals surface area contributed by atoms with Gasteiger partial charge in [0.25, 0.3) is 0 Å². The summed E-state index contributed by atoms with van der Waals surface area (Å²) in [5.74, 6) is 0.752. The normalized spacial score (nSPS) is 11.5. The molecule has 0 aliphatic heterocycles. The lowest BCUT2D eigenvalue weighted by molar-refractivity contribution is -0.137. The zero-order chi connectivity index (χ0) is 24.1. The number of aromatic nitrogens is 2. The Kier molecular flexibility index (Phi) is 8.39. The monoisotopic (exact) mass is 470 g/mol. The summed E-state index contributed by atoms with van der Waals surface area (Å²) in [5, 5.41) is 7.64. The first-order chi connectivity index (χ1) is 14.9. The third kappa shape index (κ3) is 6.54. The van der Waals surface area contributed by atoms with E-state index < -0.39 is 28.3 Å². The Hall–Kier alpha value is -2.92. The van der Waals surface area contributed by atoms with Gasteiger partial charge in [-0.05, 0) is 49.1 Å². The van der Waals surface area contributed by atoms with Gasteiger partial charge in [0, 0.05) is 11.9 Å². The molecule has 0 saturated carbocycles. The van der Waals surface area contributed by atoms with Gasteiger partial charge in [-0.2, -0.15) is 18.2 Å². The van der Waals surface area contributed by atoms with E-state index in [9.17, 15) is 18.0 Å². The van der Waals surface area contributed by atoms with Crippen molar-refractivity contribution in [1.29, 1.82) is 0 Å². The van der Waals surface area contributed by atoms with Crippen LogP contribution in [-0.2, 0) is 17.1 Å². The summed E-state index contributed by atoms with van der Waals surface area (Å²) in [5.41, 5.74) is 0.0362. The molecule has 3 N–H and O–H groups in total. The molecule has 7 nitrogen and oxygen atoms in total. The van der Waals surface area contributed by atoms with Gasteiger partial charge < -0.3 is 5.32 Å². The first-order valence-electron chi connectivity index (χ1n) is 9.74. The molecule has 3 rings (SSSR count). The van der Waals surface area contributed by atoms with Gasteiger partial charge in [0.15, 0.2) is 10.9 Å². The number of benzene rings is 2. The van der Waals surface area contributed by atoms with Crippen LogP contribution in [0.3, 0.4) is 0 Å². The van der Waals surface area contributed by atoms with Crippen molar-refractivity contribution in [2.75, 3.05) is 11.9 Å². The van der Waals surface area contributed by atoms with E-state index in [2.05, 4.69) is 29.3 Å². The number of hydrogen-bond donors (Lipinski definition) is 3. The number of aryl methyl sites for hydroxylation is 1. The Morgan fingerprint density at radius 3 is 2.34 bits per heavy atom. The second-order valence-corrected chi connectivity index (χ2v) is 8.06. The molecular formula is C21H25F3N4O3S. The zero-order valence-electron chi connectivity index (χ0n) is 17.8. The number of nitrogens with one attached hydrogen (secondary N) is 1. The summed E-state index contributed by atoms with van der Waals surface area (Å²) >= 11 is 0. The van der Waals surface area contributed by atoms with Gasteiger partial charge in [-0.3, -0.25) is 4.57 Å². The number of nitrogens with zero attached hydrogens (tertiary/aromatic N) is 2. The summed E-state index contributed by atoms with van der Waals surface area (Å²) in [6, 6.07) is 10.4. The Morgan fingerprint density at radius 1 is 1.16 bits per heavy atom. The van der Waals surface area contributed by atoms with E-state index in [-0.39, 0.29) is 5.52 Å². The first kappa shape index (κ1) is 25.3. The van der Waals surface area contributed by atoms with Crippen molar-refractivity contribution in [2.45, 2.75) is 33.4 Å². The smallest absolute Gasteiger partial charge is 0.369 e. The quantitative estimate of drug-likeness (QED) is 0.494. The van der Waals surface area contributed by atoms with Crippen molar-refractivity contribution < 1.29 is 21.6 Å². The molecule has 11 heteroatoms. The Morgan fingerprint density at radius 2 is 1.78 bits per heavy atom. The van der Waals surface area contributed by atoms with E-state index in [0.29, 0.717) is 29.4 Å². The van der Waals surface area contributed by atoms with Crippen molar-refractivity contribution in [3.05, 3.63) is 64.1 Å². The van der Waals surface area contributed by atoms with Gasteiger partial charge in [-0.15, -0.1) is 0 Å². The van der Waals surface area contributed by atoms with E-state index >= 15 is 0 Å². The van der Waals surface area contributed by atoms with E-state index in [1.165, 1.54) is 10.6 Å². The highest BCUT2D eigenvalue weighted by Crippen LogP contribution is 2.33. The molecule has 0 saturated heterocycles. The summed E-state index contributed by atoms with van der Waals surface area (Å²) in [4.78, 5) is 16.9. The minimum Gasteiger partial charge on any atom is -0.369 e. The number of rotatable bonds is 5. The highest BCUT2D eigenvalue weighted by atomic mass is 32.2. The summed E-state index contributed by atoms with van der Waals surface area (Å²) in [6.07, 6.45) is -3.65. The predicted octanol–water partition coefficient (Wildman–Crippen LogP) is 3.64. The maximum atomic E-state index is 13.3. The predicted molar refractivity (Wildman–Crippen MR) is 120 cm³/mol. The number of nitrogens with two attached hydrogens (primary N) is 1. The molecular weight excluding hydrogens is 445 g/mol. The van der Waals surface area contributed by atoms with Crippen LogP contribution >= 0.6 is 0 Å². The summed E-state index contributed by atoms with van der Waals surface area (Å²) in [6.45, 7) is 6.52. The largest absolute Gasteiger partial charge is 0.416 e. The fourth-order valence-electron chi connectivity index (χ4n) is 3.06. The molecule has 0 fully saturated rings. The third-order valence-corrected chi connectivity index (χ3v) is 4.59. The average Bonchev–Trinajstić information content (AvgIpc) is 2.67. The maximum absolute atomic E-state index is 13.3. The van der Waals surface area contributed by atoms with Crippen molar-refractivity contribution >= 4 is 27.6 Å². The molecule has 1 heterocycles. The zero-order valence-corrected chi connectivity index (χ0v) is 18.7.